The van der Waals surface area contributed by atoms with Gasteiger partial charge in [-0.05, 0) is 0 Å². The molecule has 0 heterocycles. The molecule has 1 radical (unpaired) electrons. The summed E-state index contributed by atoms with van der Waals surface area (Å²) in [6.45, 7) is 21.7. The summed E-state index contributed by atoms with van der Waals surface area (Å²) >= 11 is 0. The van der Waals surface area contributed by atoms with Gasteiger partial charge in [0.25, 0.3) is 0 Å². The van der Waals surface area contributed by atoms with E-state index in [1.54, 1.807) is 0 Å². The molecule has 6 saturated carbocycles. The molecule has 6 bridgehead atoms. The van der Waals surface area contributed by atoms with E-state index < -0.39 is 0 Å². The van der Waals surface area contributed by atoms with Crippen molar-refractivity contribution in [1.82, 2.24) is 0 Å². The monoisotopic (exact) mass is 463 g/mol. The van der Waals surface area contributed by atoms with Gasteiger partial charge in [0, 0.05) is 0 Å². The molecule has 6 fully saturated rings. The molecule has 0 spiro atoms. The number of hydrogen-bond acceptors (Lipinski definition) is 0. The molecule has 0 aromatic heterocycles. The number of hydrogen-bond donors (Lipinski definition) is 0. The van der Waals surface area contributed by atoms with Crippen molar-refractivity contribution in [3.8, 4) is 0 Å². The van der Waals surface area contributed by atoms with Crippen LogP contribution in [0.2, 0.25) is 0 Å². The van der Waals surface area contributed by atoms with E-state index in [1.165, 1.54) is 38.5 Å². The standard InChI is InChI=1S/3C10H17.Cr/c3*1-6-4-9-5-10(6)8(3)7(9)2;/h3*6-9H,4-5H2,1-3H3;/q3*-1;+3. The third kappa shape index (κ3) is 4.72. The topological polar surface area (TPSA) is 0 Å². The normalized spacial score (nSPS) is 52.5. The van der Waals surface area contributed by atoms with Gasteiger partial charge in [0.2, 0.25) is 0 Å². The molecule has 31 heavy (non-hydrogen) atoms. The van der Waals surface area contributed by atoms with E-state index in [4.69, 9.17) is 0 Å². The molecule has 0 amide bonds. The Morgan fingerprint density at radius 1 is 0.419 bits per heavy atom. The molecule has 12 atom stereocenters. The molecule has 12 unspecified atom stereocenters. The van der Waals surface area contributed by atoms with E-state index in [9.17, 15) is 0 Å². The molecule has 6 aliphatic carbocycles. The first-order chi connectivity index (χ1) is 14.1. The molecular weight excluding hydrogens is 412 g/mol. The molecule has 6 aliphatic rings. The van der Waals surface area contributed by atoms with Crippen molar-refractivity contribution in [3.05, 3.63) is 17.8 Å². The van der Waals surface area contributed by atoms with Crippen LogP contribution in [0.25, 0.3) is 0 Å². The summed E-state index contributed by atoms with van der Waals surface area (Å²) < 4.78 is 0. The van der Waals surface area contributed by atoms with E-state index in [1.807, 2.05) is 17.8 Å². The molecule has 177 valence electrons. The van der Waals surface area contributed by atoms with Crippen molar-refractivity contribution in [2.45, 2.75) is 101 Å². The summed E-state index contributed by atoms with van der Waals surface area (Å²) in [6, 6.07) is 0. The Morgan fingerprint density at radius 2 is 0.645 bits per heavy atom. The minimum atomic E-state index is 0. The van der Waals surface area contributed by atoms with Crippen molar-refractivity contribution in [2.24, 2.45) is 71.0 Å². The second-order valence-electron chi connectivity index (χ2n) is 13.0. The molecule has 0 N–H and O–H groups in total. The minimum absolute atomic E-state index is 0. The van der Waals surface area contributed by atoms with Gasteiger partial charge in [-0.25, -0.2) is 0 Å². The Bertz CT molecular complexity index is 498. The molecule has 0 aromatic rings. The van der Waals surface area contributed by atoms with Crippen molar-refractivity contribution < 1.29 is 17.4 Å². The van der Waals surface area contributed by atoms with Crippen LogP contribution in [0, 0.1) is 88.8 Å². The van der Waals surface area contributed by atoms with Gasteiger partial charge in [0.1, 0.15) is 0 Å². The Hall–Kier alpha value is 0.532. The van der Waals surface area contributed by atoms with Gasteiger partial charge in [0.05, 0.1) is 0 Å². The molecule has 0 saturated heterocycles. The maximum atomic E-state index is 2.42. The van der Waals surface area contributed by atoms with Gasteiger partial charge >= 0.3 is 17.4 Å². The second-order valence-corrected chi connectivity index (χ2v) is 13.0. The van der Waals surface area contributed by atoms with Crippen molar-refractivity contribution in [2.75, 3.05) is 0 Å². The first-order valence-corrected chi connectivity index (χ1v) is 13.7. The smallest absolute Gasteiger partial charge is 0.308 e. The molecule has 0 nitrogen and oxygen atoms in total. The fourth-order valence-corrected chi connectivity index (χ4v) is 8.92. The first-order valence-electron chi connectivity index (χ1n) is 13.7. The summed E-state index contributed by atoms with van der Waals surface area (Å²) in [5.74, 6) is 17.4. The van der Waals surface area contributed by atoms with Crippen LogP contribution in [0.1, 0.15) is 101 Å². The number of fused-ring (bicyclic) bond motifs is 6. The predicted molar refractivity (Wildman–Crippen MR) is 130 cm³/mol. The quantitative estimate of drug-likeness (QED) is 0.315. The van der Waals surface area contributed by atoms with E-state index >= 15 is 0 Å². The zero-order valence-electron chi connectivity index (χ0n) is 22.1. The maximum absolute atomic E-state index is 2.42. The van der Waals surface area contributed by atoms with Crippen LogP contribution in [0.5, 0.6) is 0 Å². The molecular formula is C30H51Cr. The summed E-state index contributed by atoms with van der Waals surface area (Å²) in [4.78, 5) is 0. The SMILES string of the molecule is CC1CC2C[C-]1C(C)C2C.CC1CC2C[C-]1C(C)C2C.CC1CC2C[C-]1C(C)C2C.[Cr+3]. The Labute approximate surface area is 206 Å². The van der Waals surface area contributed by atoms with E-state index in [0.717, 1.165) is 71.0 Å². The molecule has 6 rings (SSSR count). The van der Waals surface area contributed by atoms with Crippen molar-refractivity contribution >= 4 is 0 Å². The first kappa shape index (κ1) is 26.1. The predicted octanol–water partition coefficient (Wildman–Crippen LogP) is 8.68. The zero-order chi connectivity index (χ0) is 21.9. The van der Waals surface area contributed by atoms with Crippen LogP contribution >= 0.6 is 0 Å². The minimum Gasteiger partial charge on any atom is -0.308 e. The summed E-state index contributed by atoms with van der Waals surface area (Å²) in [5, 5.41) is 0. The van der Waals surface area contributed by atoms with Gasteiger partial charge in [-0.15, -0.1) is 0 Å². The summed E-state index contributed by atoms with van der Waals surface area (Å²) in [7, 11) is 0. The fourth-order valence-electron chi connectivity index (χ4n) is 8.92. The largest absolute Gasteiger partial charge is 3.00 e. The van der Waals surface area contributed by atoms with Gasteiger partial charge < -0.3 is 17.8 Å². The van der Waals surface area contributed by atoms with Crippen molar-refractivity contribution in [1.29, 1.82) is 0 Å². The Balaban J connectivity index is 0.000000130. The second kappa shape index (κ2) is 10.0. The third-order valence-electron chi connectivity index (χ3n) is 11.7. The number of rotatable bonds is 0. The fraction of sp³-hybridized carbons (Fsp3) is 0.900. The van der Waals surface area contributed by atoms with Crippen molar-refractivity contribution in [3.63, 3.8) is 0 Å². The average Bonchev–Trinajstić information content (AvgIpc) is 3.51. The average molecular weight is 464 g/mol. The third-order valence-corrected chi connectivity index (χ3v) is 11.7. The van der Waals surface area contributed by atoms with Crippen LogP contribution < -0.4 is 0 Å². The van der Waals surface area contributed by atoms with E-state index in [-0.39, 0.29) is 17.4 Å². The van der Waals surface area contributed by atoms with Crippen LogP contribution in [-0.4, -0.2) is 0 Å². The zero-order valence-corrected chi connectivity index (χ0v) is 23.4. The molecule has 1 heteroatoms. The molecule has 0 aromatic carbocycles. The van der Waals surface area contributed by atoms with Gasteiger partial charge in [-0.3, -0.25) is 0 Å². The van der Waals surface area contributed by atoms with E-state index in [0.29, 0.717) is 0 Å². The van der Waals surface area contributed by atoms with Gasteiger partial charge in [-0.1, -0.05) is 117 Å². The summed E-state index contributed by atoms with van der Waals surface area (Å²) in [5.41, 5.74) is 0. The maximum Gasteiger partial charge on any atom is 3.00 e. The van der Waals surface area contributed by atoms with Crippen LogP contribution in [0.4, 0.5) is 0 Å². The van der Waals surface area contributed by atoms with Crippen LogP contribution in [0.15, 0.2) is 0 Å². The van der Waals surface area contributed by atoms with Gasteiger partial charge in [0.15, 0.2) is 0 Å². The van der Waals surface area contributed by atoms with Crippen LogP contribution in [-0.2, 0) is 17.4 Å². The van der Waals surface area contributed by atoms with E-state index in [2.05, 4.69) is 62.3 Å². The Kier molecular flexibility index (Phi) is 8.46. The Morgan fingerprint density at radius 3 is 0.774 bits per heavy atom. The van der Waals surface area contributed by atoms with Gasteiger partial charge in [-0.2, -0.15) is 54.8 Å². The van der Waals surface area contributed by atoms with Crippen LogP contribution in [0.3, 0.4) is 0 Å². The molecule has 0 aliphatic heterocycles. The summed E-state index contributed by atoms with van der Waals surface area (Å²) in [6.07, 6.45) is 8.85.